The number of hydrogen-bond donors (Lipinski definition) is 1. The van der Waals surface area contributed by atoms with E-state index >= 15 is 0 Å². The van der Waals surface area contributed by atoms with Gasteiger partial charge >= 0.3 is 5.97 Å². The van der Waals surface area contributed by atoms with Gasteiger partial charge in [0.05, 0.1) is 6.61 Å². The molecular weight excluding hydrogens is 208 g/mol. The SMILES string of the molecule is CCc1ccccc1OC(COC)C(=O)O. The van der Waals surface area contributed by atoms with E-state index in [0.717, 1.165) is 12.0 Å². The molecule has 1 unspecified atom stereocenters. The van der Waals surface area contributed by atoms with Gasteiger partial charge in [0.15, 0.2) is 0 Å². The topological polar surface area (TPSA) is 55.8 Å². The number of ether oxygens (including phenoxy) is 2. The normalized spacial score (nSPS) is 12.1. The number of aryl methyl sites for hydroxylation is 1. The number of hydrogen-bond acceptors (Lipinski definition) is 3. The lowest BCUT2D eigenvalue weighted by atomic mass is 10.1. The third kappa shape index (κ3) is 3.24. The summed E-state index contributed by atoms with van der Waals surface area (Å²) in [6.07, 6.45) is -0.159. The minimum Gasteiger partial charge on any atom is -0.478 e. The van der Waals surface area contributed by atoms with Crippen LogP contribution in [0.1, 0.15) is 12.5 Å². The van der Waals surface area contributed by atoms with Crippen molar-refractivity contribution < 1.29 is 19.4 Å². The van der Waals surface area contributed by atoms with Crippen LogP contribution in [0.25, 0.3) is 0 Å². The number of benzene rings is 1. The predicted molar refractivity (Wildman–Crippen MR) is 59.7 cm³/mol. The van der Waals surface area contributed by atoms with E-state index < -0.39 is 12.1 Å². The van der Waals surface area contributed by atoms with Crippen molar-refractivity contribution in [1.29, 1.82) is 0 Å². The van der Waals surface area contributed by atoms with Gasteiger partial charge in [-0.2, -0.15) is 0 Å². The van der Waals surface area contributed by atoms with Gasteiger partial charge < -0.3 is 14.6 Å². The van der Waals surface area contributed by atoms with Crippen LogP contribution in [0.5, 0.6) is 5.75 Å². The zero-order valence-electron chi connectivity index (χ0n) is 9.47. The summed E-state index contributed by atoms with van der Waals surface area (Å²) in [4.78, 5) is 10.9. The molecule has 1 aromatic carbocycles. The molecule has 0 amide bonds. The van der Waals surface area contributed by atoms with Gasteiger partial charge in [-0.15, -0.1) is 0 Å². The van der Waals surface area contributed by atoms with Crippen LogP contribution in [0.3, 0.4) is 0 Å². The molecule has 1 rings (SSSR count). The Morgan fingerprint density at radius 2 is 2.12 bits per heavy atom. The van der Waals surface area contributed by atoms with Crippen LogP contribution in [-0.4, -0.2) is 30.9 Å². The first-order valence-corrected chi connectivity index (χ1v) is 5.15. The first-order valence-electron chi connectivity index (χ1n) is 5.15. The molecule has 88 valence electrons. The number of para-hydroxylation sites is 1. The molecule has 1 atom stereocenters. The standard InChI is InChI=1S/C12H16O4/c1-3-9-6-4-5-7-10(9)16-11(8-15-2)12(13)14/h4-7,11H,3,8H2,1-2H3,(H,13,14). The Morgan fingerprint density at radius 3 is 2.69 bits per heavy atom. The van der Waals surface area contributed by atoms with Gasteiger partial charge in [-0.05, 0) is 18.1 Å². The van der Waals surface area contributed by atoms with E-state index in [0.29, 0.717) is 5.75 Å². The summed E-state index contributed by atoms with van der Waals surface area (Å²) in [7, 11) is 1.45. The maximum absolute atomic E-state index is 10.9. The Labute approximate surface area is 94.8 Å². The molecule has 0 fully saturated rings. The quantitative estimate of drug-likeness (QED) is 0.799. The van der Waals surface area contributed by atoms with Crippen molar-refractivity contribution >= 4 is 5.97 Å². The summed E-state index contributed by atoms with van der Waals surface area (Å²) < 4.78 is 10.2. The molecule has 0 aliphatic carbocycles. The van der Waals surface area contributed by atoms with E-state index in [1.54, 1.807) is 6.07 Å². The van der Waals surface area contributed by atoms with Crippen LogP contribution in [0.4, 0.5) is 0 Å². The Morgan fingerprint density at radius 1 is 1.44 bits per heavy atom. The van der Waals surface area contributed by atoms with Crippen molar-refractivity contribution in [3.05, 3.63) is 29.8 Å². The summed E-state index contributed by atoms with van der Waals surface area (Å²) in [5.74, 6) is -0.415. The zero-order chi connectivity index (χ0) is 12.0. The highest BCUT2D eigenvalue weighted by atomic mass is 16.5. The molecule has 16 heavy (non-hydrogen) atoms. The lowest BCUT2D eigenvalue weighted by Gasteiger charge is -2.16. The second-order valence-corrected chi connectivity index (χ2v) is 3.36. The van der Waals surface area contributed by atoms with Gasteiger partial charge in [0.1, 0.15) is 5.75 Å². The highest BCUT2D eigenvalue weighted by Crippen LogP contribution is 2.19. The number of carboxylic acid groups (broad SMARTS) is 1. The minimum atomic E-state index is -1.02. The molecule has 0 aromatic heterocycles. The fourth-order valence-electron chi connectivity index (χ4n) is 1.37. The van der Waals surface area contributed by atoms with Gasteiger partial charge in [0, 0.05) is 7.11 Å². The van der Waals surface area contributed by atoms with Crippen LogP contribution in [0, 0.1) is 0 Å². The Hall–Kier alpha value is -1.55. The molecule has 0 heterocycles. The number of methoxy groups -OCH3 is 1. The fraction of sp³-hybridized carbons (Fsp3) is 0.417. The summed E-state index contributed by atoms with van der Waals surface area (Å²) in [5, 5.41) is 8.92. The number of carbonyl (C=O) groups is 1. The van der Waals surface area contributed by atoms with Crippen molar-refractivity contribution in [2.75, 3.05) is 13.7 Å². The molecule has 0 aliphatic rings. The fourth-order valence-corrected chi connectivity index (χ4v) is 1.37. The third-order valence-electron chi connectivity index (χ3n) is 2.22. The van der Waals surface area contributed by atoms with E-state index in [1.165, 1.54) is 7.11 Å². The van der Waals surface area contributed by atoms with Crippen molar-refractivity contribution in [3.63, 3.8) is 0 Å². The van der Waals surface area contributed by atoms with Crippen LogP contribution in [0.15, 0.2) is 24.3 Å². The number of aliphatic carboxylic acids is 1. The van der Waals surface area contributed by atoms with Crippen LogP contribution < -0.4 is 4.74 Å². The summed E-state index contributed by atoms with van der Waals surface area (Å²) in [6, 6.07) is 7.41. The molecule has 0 spiro atoms. The lowest BCUT2D eigenvalue weighted by Crippen LogP contribution is -2.31. The first-order chi connectivity index (χ1) is 7.69. The highest BCUT2D eigenvalue weighted by Gasteiger charge is 2.19. The lowest BCUT2D eigenvalue weighted by molar-refractivity contribution is -0.147. The van der Waals surface area contributed by atoms with Gasteiger partial charge in [-0.25, -0.2) is 4.79 Å². The minimum absolute atomic E-state index is 0.0351. The molecular formula is C12H16O4. The summed E-state index contributed by atoms with van der Waals surface area (Å²) >= 11 is 0. The molecule has 0 radical (unpaired) electrons. The van der Waals surface area contributed by atoms with Crippen molar-refractivity contribution in [2.24, 2.45) is 0 Å². The molecule has 1 aromatic rings. The Bertz CT molecular complexity index is 349. The summed E-state index contributed by atoms with van der Waals surface area (Å²) in [6.45, 7) is 2.03. The molecule has 4 nitrogen and oxygen atoms in total. The average Bonchev–Trinajstić information content (AvgIpc) is 2.29. The van der Waals surface area contributed by atoms with Crippen molar-refractivity contribution in [3.8, 4) is 5.75 Å². The van der Waals surface area contributed by atoms with Gasteiger partial charge in [-0.1, -0.05) is 25.1 Å². The van der Waals surface area contributed by atoms with E-state index in [9.17, 15) is 4.79 Å². The zero-order valence-corrected chi connectivity index (χ0v) is 9.47. The molecule has 0 saturated heterocycles. The maximum atomic E-state index is 10.9. The van der Waals surface area contributed by atoms with Crippen molar-refractivity contribution in [1.82, 2.24) is 0 Å². The van der Waals surface area contributed by atoms with E-state index in [1.807, 2.05) is 25.1 Å². The number of carboxylic acids is 1. The second kappa shape index (κ2) is 6.12. The van der Waals surface area contributed by atoms with E-state index in [2.05, 4.69) is 0 Å². The molecule has 4 heteroatoms. The van der Waals surface area contributed by atoms with Crippen molar-refractivity contribution in [2.45, 2.75) is 19.4 Å². The second-order valence-electron chi connectivity index (χ2n) is 3.36. The monoisotopic (exact) mass is 224 g/mol. The molecule has 0 aliphatic heterocycles. The van der Waals surface area contributed by atoms with Gasteiger partial charge in [0.25, 0.3) is 0 Å². The Kier molecular flexibility index (Phi) is 4.79. The first kappa shape index (κ1) is 12.5. The van der Waals surface area contributed by atoms with Gasteiger partial charge in [-0.3, -0.25) is 0 Å². The molecule has 1 N–H and O–H groups in total. The molecule has 0 bridgehead atoms. The third-order valence-corrected chi connectivity index (χ3v) is 2.22. The largest absolute Gasteiger partial charge is 0.478 e. The smallest absolute Gasteiger partial charge is 0.347 e. The number of rotatable bonds is 6. The van der Waals surface area contributed by atoms with E-state index in [-0.39, 0.29) is 6.61 Å². The maximum Gasteiger partial charge on any atom is 0.347 e. The molecule has 0 saturated carbocycles. The average molecular weight is 224 g/mol. The van der Waals surface area contributed by atoms with Gasteiger partial charge in [0.2, 0.25) is 6.10 Å². The Balaban J connectivity index is 2.80. The summed E-state index contributed by atoms with van der Waals surface area (Å²) in [5.41, 5.74) is 0.991. The van der Waals surface area contributed by atoms with Crippen LogP contribution >= 0.6 is 0 Å². The van der Waals surface area contributed by atoms with Crippen LogP contribution in [-0.2, 0) is 16.0 Å². The van der Waals surface area contributed by atoms with Crippen LogP contribution in [0.2, 0.25) is 0 Å². The highest BCUT2D eigenvalue weighted by molar-refractivity contribution is 5.73. The van der Waals surface area contributed by atoms with E-state index in [4.69, 9.17) is 14.6 Å². The predicted octanol–water partition coefficient (Wildman–Crippen LogP) is 1.73.